The molecule has 0 aromatic carbocycles. The predicted molar refractivity (Wildman–Crippen MR) is 60.8 cm³/mol. The van der Waals surface area contributed by atoms with Crippen molar-refractivity contribution in [2.75, 3.05) is 13.7 Å². The lowest BCUT2D eigenvalue weighted by molar-refractivity contribution is 0.190. The van der Waals surface area contributed by atoms with E-state index in [1.807, 2.05) is 0 Å². The molecule has 2 heteroatoms. The molecule has 1 nitrogen and oxygen atoms in total. The van der Waals surface area contributed by atoms with Gasteiger partial charge in [0.05, 0.1) is 8.07 Å². The minimum absolute atomic E-state index is 0.336. The zero-order valence-corrected chi connectivity index (χ0v) is 10.1. The van der Waals surface area contributed by atoms with E-state index in [0.29, 0.717) is 5.04 Å². The first kappa shape index (κ1) is 10.7. The van der Waals surface area contributed by atoms with E-state index in [1.54, 1.807) is 7.11 Å². The van der Waals surface area contributed by atoms with Crippen molar-refractivity contribution in [3.05, 3.63) is 24.3 Å². The highest BCUT2D eigenvalue weighted by molar-refractivity contribution is 6.80. The first-order valence-corrected chi connectivity index (χ1v) is 8.38. The zero-order chi connectivity index (χ0) is 9.95. The highest BCUT2D eigenvalue weighted by Gasteiger charge is 2.39. The van der Waals surface area contributed by atoms with Crippen LogP contribution in [0.3, 0.4) is 0 Å². The molecule has 0 saturated heterocycles. The minimum Gasteiger partial charge on any atom is -0.385 e. The van der Waals surface area contributed by atoms with Gasteiger partial charge in [-0.2, -0.15) is 0 Å². The van der Waals surface area contributed by atoms with Gasteiger partial charge in [0.15, 0.2) is 0 Å². The zero-order valence-electron chi connectivity index (χ0n) is 9.13. The topological polar surface area (TPSA) is 9.23 Å². The molecule has 1 rings (SSSR count). The molecular formula is C11H20OSi. The third kappa shape index (κ3) is 2.12. The van der Waals surface area contributed by atoms with Gasteiger partial charge in [-0.05, 0) is 6.42 Å². The molecule has 0 spiro atoms. The summed E-state index contributed by atoms with van der Waals surface area (Å²) in [5.41, 5.74) is 0. The number of rotatable bonds is 4. The van der Waals surface area contributed by atoms with E-state index in [1.165, 1.54) is 0 Å². The van der Waals surface area contributed by atoms with Gasteiger partial charge >= 0.3 is 0 Å². The molecule has 0 aromatic rings. The summed E-state index contributed by atoms with van der Waals surface area (Å²) < 4.78 is 5.18. The number of hydrogen-bond donors (Lipinski definition) is 0. The van der Waals surface area contributed by atoms with Crippen molar-refractivity contribution in [2.24, 2.45) is 0 Å². The number of methoxy groups -OCH3 is 1. The van der Waals surface area contributed by atoms with Crippen molar-refractivity contribution in [1.82, 2.24) is 0 Å². The fourth-order valence-corrected chi connectivity index (χ4v) is 3.87. The first-order chi connectivity index (χ1) is 6.02. The summed E-state index contributed by atoms with van der Waals surface area (Å²) in [6, 6.07) is 0. The third-order valence-corrected chi connectivity index (χ3v) is 6.39. The molecular weight excluding hydrogens is 176 g/mol. The maximum absolute atomic E-state index is 5.18. The van der Waals surface area contributed by atoms with Gasteiger partial charge in [-0.25, -0.2) is 0 Å². The van der Waals surface area contributed by atoms with Gasteiger partial charge < -0.3 is 4.74 Å². The van der Waals surface area contributed by atoms with Crippen LogP contribution in [0.4, 0.5) is 0 Å². The standard InChI is InChI=1S/C11H20OSi/c1-12-10-9-11(13(2,3)4)7-5-6-8-11/h5-8H,9-10H2,1-4H3. The van der Waals surface area contributed by atoms with Crippen molar-refractivity contribution >= 4 is 8.07 Å². The summed E-state index contributed by atoms with van der Waals surface area (Å²) in [6.07, 6.45) is 10.2. The predicted octanol–water partition coefficient (Wildman–Crippen LogP) is 3.23. The summed E-state index contributed by atoms with van der Waals surface area (Å²) in [7, 11) is 0.613. The lowest BCUT2D eigenvalue weighted by atomic mass is 10.1. The van der Waals surface area contributed by atoms with Crippen LogP contribution in [-0.4, -0.2) is 21.8 Å². The van der Waals surface area contributed by atoms with E-state index in [-0.39, 0.29) is 0 Å². The highest BCUT2D eigenvalue weighted by atomic mass is 28.3. The van der Waals surface area contributed by atoms with E-state index < -0.39 is 8.07 Å². The second-order valence-corrected chi connectivity index (χ2v) is 10.2. The van der Waals surface area contributed by atoms with Crippen molar-refractivity contribution in [1.29, 1.82) is 0 Å². The number of hydrogen-bond acceptors (Lipinski definition) is 1. The summed E-state index contributed by atoms with van der Waals surface area (Å²) in [5, 5.41) is 0.336. The van der Waals surface area contributed by atoms with E-state index in [9.17, 15) is 0 Å². The third-order valence-electron chi connectivity index (χ3n) is 3.01. The van der Waals surface area contributed by atoms with Crippen LogP contribution in [-0.2, 0) is 4.74 Å². The Morgan fingerprint density at radius 3 is 2.08 bits per heavy atom. The Morgan fingerprint density at radius 2 is 1.69 bits per heavy atom. The van der Waals surface area contributed by atoms with Gasteiger partial charge in [-0.15, -0.1) is 0 Å². The van der Waals surface area contributed by atoms with E-state index in [2.05, 4.69) is 43.9 Å². The molecule has 74 valence electrons. The Morgan fingerprint density at radius 1 is 1.15 bits per heavy atom. The quantitative estimate of drug-likeness (QED) is 0.627. The Hall–Kier alpha value is -0.343. The fourth-order valence-electron chi connectivity index (χ4n) is 1.82. The summed E-state index contributed by atoms with van der Waals surface area (Å²) in [6.45, 7) is 8.12. The molecule has 0 radical (unpaired) electrons. The summed E-state index contributed by atoms with van der Waals surface area (Å²) in [5.74, 6) is 0. The van der Waals surface area contributed by atoms with Crippen LogP contribution in [0.2, 0.25) is 24.7 Å². The maximum atomic E-state index is 5.18. The second kappa shape index (κ2) is 3.80. The minimum atomic E-state index is -1.17. The second-order valence-electron chi connectivity index (χ2n) is 4.75. The normalized spacial score (nSPS) is 19.7. The molecule has 0 bridgehead atoms. The first-order valence-electron chi connectivity index (χ1n) is 4.88. The highest BCUT2D eigenvalue weighted by Crippen LogP contribution is 2.47. The maximum Gasteiger partial charge on any atom is 0.0598 e. The lowest BCUT2D eigenvalue weighted by Crippen LogP contribution is -2.37. The molecule has 1 aliphatic carbocycles. The number of allylic oxidation sites excluding steroid dienone is 4. The van der Waals surface area contributed by atoms with E-state index in [4.69, 9.17) is 4.74 Å². The van der Waals surface area contributed by atoms with Crippen molar-refractivity contribution in [3.63, 3.8) is 0 Å². The Balaban J connectivity index is 2.77. The van der Waals surface area contributed by atoms with Gasteiger partial charge in [-0.1, -0.05) is 43.9 Å². The molecule has 0 amide bonds. The van der Waals surface area contributed by atoms with Crippen LogP contribution in [0.1, 0.15) is 6.42 Å². The average molecular weight is 196 g/mol. The van der Waals surface area contributed by atoms with Crippen molar-refractivity contribution in [2.45, 2.75) is 31.1 Å². The summed E-state index contributed by atoms with van der Waals surface area (Å²) >= 11 is 0. The van der Waals surface area contributed by atoms with Gasteiger partial charge in [0.1, 0.15) is 0 Å². The van der Waals surface area contributed by atoms with Gasteiger partial charge in [-0.3, -0.25) is 0 Å². The van der Waals surface area contributed by atoms with E-state index >= 15 is 0 Å². The van der Waals surface area contributed by atoms with Crippen LogP contribution in [0.15, 0.2) is 24.3 Å². The van der Waals surface area contributed by atoms with Crippen molar-refractivity contribution in [3.8, 4) is 0 Å². The molecule has 0 aromatic heterocycles. The molecule has 1 aliphatic rings. The molecule has 0 heterocycles. The molecule has 0 N–H and O–H groups in total. The Kier molecular flexibility index (Phi) is 3.14. The molecule has 0 atom stereocenters. The SMILES string of the molecule is COCCC1([Si](C)(C)C)C=CC=C1. The molecule has 0 saturated carbocycles. The van der Waals surface area contributed by atoms with Crippen LogP contribution < -0.4 is 0 Å². The van der Waals surface area contributed by atoms with Gasteiger partial charge in [0.25, 0.3) is 0 Å². The number of ether oxygens (including phenoxy) is 1. The molecule has 0 aliphatic heterocycles. The van der Waals surface area contributed by atoms with Gasteiger partial charge in [0.2, 0.25) is 0 Å². The Bertz CT molecular complexity index is 211. The largest absolute Gasteiger partial charge is 0.385 e. The van der Waals surface area contributed by atoms with Crippen LogP contribution in [0.25, 0.3) is 0 Å². The van der Waals surface area contributed by atoms with E-state index in [0.717, 1.165) is 13.0 Å². The van der Waals surface area contributed by atoms with Crippen molar-refractivity contribution < 1.29 is 4.74 Å². The van der Waals surface area contributed by atoms with Crippen LogP contribution in [0.5, 0.6) is 0 Å². The smallest absolute Gasteiger partial charge is 0.0598 e. The molecule has 0 unspecified atom stereocenters. The lowest BCUT2D eigenvalue weighted by Gasteiger charge is -2.37. The molecule has 13 heavy (non-hydrogen) atoms. The van der Waals surface area contributed by atoms with Crippen LogP contribution >= 0.6 is 0 Å². The fraction of sp³-hybridized carbons (Fsp3) is 0.636. The average Bonchev–Trinajstić information content (AvgIpc) is 2.48. The van der Waals surface area contributed by atoms with Gasteiger partial charge in [0, 0.05) is 18.8 Å². The summed E-state index contributed by atoms with van der Waals surface area (Å²) in [4.78, 5) is 0. The van der Waals surface area contributed by atoms with Crippen LogP contribution in [0, 0.1) is 0 Å². The Labute approximate surface area is 82.5 Å². The monoisotopic (exact) mass is 196 g/mol. The molecule has 0 fully saturated rings.